The van der Waals surface area contributed by atoms with Crippen LogP contribution in [0.4, 0.5) is 0 Å². The molecule has 1 N–H and O–H groups in total. The van der Waals surface area contributed by atoms with Crippen molar-refractivity contribution >= 4 is 11.8 Å². The zero-order valence-corrected chi connectivity index (χ0v) is 20.6. The van der Waals surface area contributed by atoms with E-state index in [0.29, 0.717) is 62.0 Å². The Hall–Kier alpha value is -3.06. The number of aliphatic hydroxyl groups excluding tert-OH is 1. The third kappa shape index (κ3) is 5.96. The van der Waals surface area contributed by atoms with Gasteiger partial charge in [0, 0.05) is 31.8 Å². The van der Waals surface area contributed by atoms with Crippen molar-refractivity contribution in [3.8, 4) is 11.5 Å². The molecule has 7 nitrogen and oxygen atoms in total. The van der Waals surface area contributed by atoms with Gasteiger partial charge in [0.05, 0.1) is 18.7 Å². The predicted octanol–water partition coefficient (Wildman–Crippen LogP) is 4.01. The Morgan fingerprint density at radius 3 is 2.60 bits per heavy atom. The molecule has 0 unspecified atom stereocenters. The van der Waals surface area contributed by atoms with Crippen LogP contribution in [0.2, 0.25) is 0 Å². The Labute approximate surface area is 207 Å². The summed E-state index contributed by atoms with van der Waals surface area (Å²) < 4.78 is 11.6. The Bertz CT molecular complexity index is 1020. The lowest BCUT2D eigenvalue weighted by atomic mass is 9.75. The third-order valence-electron chi connectivity index (χ3n) is 7.25. The van der Waals surface area contributed by atoms with E-state index in [9.17, 15) is 14.7 Å². The Morgan fingerprint density at radius 1 is 1.03 bits per heavy atom. The van der Waals surface area contributed by atoms with Gasteiger partial charge in [-0.05, 0) is 68.4 Å². The summed E-state index contributed by atoms with van der Waals surface area (Å²) in [5.74, 6) is 1.11. The van der Waals surface area contributed by atoms with Crippen molar-refractivity contribution in [2.24, 2.45) is 5.41 Å². The van der Waals surface area contributed by atoms with Crippen molar-refractivity contribution in [3.63, 3.8) is 0 Å². The van der Waals surface area contributed by atoms with Gasteiger partial charge in [-0.1, -0.05) is 24.6 Å². The average molecular weight is 481 g/mol. The fraction of sp³-hybridized carbons (Fsp3) is 0.500. The van der Waals surface area contributed by atoms with Gasteiger partial charge >= 0.3 is 0 Å². The van der Waals surface area contributed by atoms with E-state index in [4.69, 9.17) is 9.47 Å². The van der Waals surface area contributed by atoms with E-state index in [2.05, 4.69) is 0 Å². The fourth-order valence-electron chi connectivity index (χ4n) is 5.06. The quantitative estimate of drug-likeness (QED) is 0.716. The molecule has 1 saturated heterocycles. The molecule has 35 heavy (non-hydrogen) atoms. The summed E-state index contributed by atoms with van der Waals surface area (Å²) in [5, 5.41) is 10.2. The van der Waals surface area contributed by atoms with Gasteiger partial charge in [0.2, 0.25) is 0 Å². The van der Waals surface area contributed by atoms with Crippen molar-refractivity contribution in [2.75, 3.05) is 46.0 Å². The predicted molar refractivity (Wildman–Crippen MR) is 134 cm³/mol. The smallest absolute Gasteiger partial charge is 0.257 e. The minimum atomic E-state index is -0.159. The minimum Gasteiger partial charge on any atom is -0.494 e. The van der Waals surface area contributed by atoms with Crippen LogP contribution in [0.5, 0.6) is 11.5 Å². The van der Waals surface area contributed by atoms with E-state index in [1.165, 1.54) is 0 Å². The molecule has 3 heterocycles. The molecule has 2 bridgehead atoms. The molecule has 0 aliphatic carbocycles. The molecule has 7 heteroatoms. The van der Waals surface area contributed by atoms with Crippen LogP contribution in [-0.2, 0) is 0 Å². The molecule has 3 aliphatic heterocycles. The highest BCUT2D eigenvalue weighted by Crippen LogP contribution is 2.37. The van der Waals surface area contributed by atoms with Gasteiger partial charge in [0.15, 0.2) is 0 Å². The van der Waals surface area contributed by atoms with Gasteiger partial charge in [-0.2, -0.15) is 0 Å². The summed E-state index contributed by atoms with van der Waals surface area (Å²) in [6, 6.07) is 14.6. The van der Waals surface area contributed by atoms with Gasteiger partial charge < -0.3 is 24.4 Å². The normalized spacial score (nSPS) is 18.7. The van der Waals surface area contributed by atoms with Crippen molar-refractivity contribution in [3.05, 3.63) is 59.7 Å². The second kappa shape index (κ2) is 11.6. The Balaban J connectivity index is 1.56. The van der Waals surface area contributed by atoms with Crippen LogP contribution in [0.1, 0.15) is 59.7 Å². The third-order valence-corrected chi connectivity index (χ3v) is 7.25. The standard InChI is InChI=1S/C28H36N2O5/c1-2-34-23-9-7-8-22(20-23)26(32)29-15-6-5-12-28(21-31)13-16-30(17-14-28)27(33)24-10-3-4-11-25(24)35-19-18-29/h3-4,7-11,20,31H,2,5-6,12-19,21H2,1H3. The molecule has 0 spiro atoms. The van der Waals surface area contributed by atoms with E-state index < -0.39 is 0 Å². The maximum absolute atomic E-state index is 13.4. The summed E-state index contributed by atoms with van der Waals surface area (Å²) >= 11 is 0. The maximum Gasteiger partial charge on any atom is 0.257 e. The van der Waals surface area contributed by atoms with E-state index in [0.717, 1.165) is 32.1 Å². The zero-order chi connectivity index (χ0) is 24.7. The number of carbonyl (C=O) groups is 2. The molecule has 0 atom stereocenters. The first-order valence-electron chi connectivity index (χ1n) is 12.7. The van der Waals surface area contributed by atoms with Crippen LogP contribution in [0, 0.1) is 5.41 Å². The zero-order valence-electron chi connectivity index (χ0n) is 20.6. The topological polar surface area (TPSA) is 79.3 Å². The van der Waals surface area contributed by atoms with Gasteiger partial charge in [-0.3, -0.25) is 9.59 Å². The van der Waals surface area contributed by atoms with Crippen molar-refractivity contribution in [1.29, 1.82) is 0 Å². The first-order valence-corrected chi connectivity index (χ1v) is 12.7. The lowest BCUT2D eigenvalue weighted by molar-refractivity contribution is 0.0297. The average Bonchev–Trinajstić information content (AvgIpc) is 2.90. The number of hydrogen-bond donors (Lipinski definition) is 1. The minimum absolute atomic E-state index is 0.0392. The number of benzene rings is 2. The Morgan fingerprint density at radius 2 is 1.83 bits per heavy atom. The molecule has 0 radical (unpaired) electrons. The lowest BCUT2D eigenvalue weighted by Gasteiger charge is -2.41. The number of nitrogens with zero attached hydrogens (tertiary/aromatic N) is 2. The van der Waals surface area contributed by atoms with E-state index in [1.807, 2.05) is 53.1 Å². The SMILES string of the molecule is CCOc1cccc(C(=O)N2CCCCC3(CO)CCN(CC3)C(=O)c3ccccc3OCC2)c1. The molecule has 0 aromatic heterocycles. The second-order valence-corrected chi connectivity index (χ2v) is 9.51. The molecular weight excluding hydrogens is 444 g/mol. The second-order valence-electron chi connectivity index (χ2n) is 9.51. The number of piperidine rings is 1. The summed E-state index contributed by atoms with van der Waals surface area (Å²) in [7, 11) is 0. The molecule has 2 aromatic rings. The fourth-order valence-corrected chi connectivity index (χ4v) is 5.06. The number of para-hydroxylation sites is 1. The molecule has 2 aromatic carbocycles. The van der Waals surface area contributed by atoms with Gasteiger partial charge in [0.1, 0.15) is 18.1 Å². The summed E-state index contributed by atoms with van der Waals surface area (Å²) in [4.78, 5) is 30.4. The van der Waals surface area contributed by atoms with Gasteiger partial charge in [-0.15, -0.1) is 0 Å². The first-order chi connectivity index (χ1) is 17.0. The Kier molecular flexibility index (Phi) is 8.29. The summed E-state index contributed by atoms with van der Waals surface area (Å²) in [6.45, 7) is 5.16. The monoisotopic (exact) mass is 480 g/mol. The number of amides is 2. The number of rotatable bonds is 4. The molecule has 0 saturated carbocycles. The van der Waals surface area contributed by atoms with Crippen LogP contribution in [0.25, 0.3) is 0 Å². The molecular formula is C28H36N2O5. The van der Waals surface area contributed by atoms with Crippen molar-refractivity contribution in [2.45, 2.75) is 39.0 Å². The van der Waals surface area contributed by atoms with Crippen molar-refractivity contribution in [1.82, 2.24) is 9.80 Å². The van der Waals surface area contributed by atoms with Crippen LogP contribution in [-0.4, -0.2) is 72.7 Å². The number of fused-ring (bicyclic) bond motifs is 9. The molecule has 2 amide bonds. The highest BCUT2D eigenvalue weighted by molar-refractivity contribution is 5.97. The maximum atomic E-state index is 13.4. The largest absolute Gasteiger partial charge is 0.494 e. The number of hydrogen-bond acceptors (Lipinski definition) is 5. The molecule has 188 valence electrons. The van der Waals surface area contributed by atoms with E-state index in [1.54, 1.807) is 12.1 Å². The number of ether oxygens (including phenoxy) is 2. The first kappa shape index (κ1) is 25.0. The highest BCUT2D eigenvalue weighted by Gasteiger charge is 2.36. The summed E-state index contributed by atoms with van der Waals surface area (Å²) in [6.07, 6.45) is 4.22. The van der Waals surface area contributed by atoms with Crippen LogP contribution in [0.3, 0.4) is 0 Å². The van der Waals surface area contributed by atoms with E-state index >= 15 is 0 Å². The lowest BCUT2D eigenvalue weighted by Crippen LogP contribution is -2.44. The summed E-state index contributed by atoms with van der Waals surface area (Å²) in [5.41, 5.74) is 0.969. The molecule has 5 rings (SSSR count). The van der Waals surface area contributed by atoms with Crippen molar-refractivity contribution < 1.29 is 24.2 Å². The van der Waals surface area contributed by atoms with Gasteiger partial charge in [-0.25, -0.2) is 0 Å². The highest BCUT2D eigenvalue weighted by atomic mass is 16.5. The molecule has 3 aliphatic rings. The van der Waals surface area contributed by atoms with Crippen LogP contribution in [0.15, 0.2) is 48.5 Å². The van der Waals surface area contributed by atoms with Crippen LogP contribution >= 0.6 is 0 Å². The number of carbonyl (C=O) groups excluding carboxylic acids is 2. The van der Waals surface area contributed by atoms with E-state index in [-0.39, 0.29) is 23.8 Å². The molecule has 1 fully saturated rings. The van der Waals surface area contributed by atoms with Crippen LogP contribution < -0.4 is 9.47 Å². The van der Waals surface area contributed by atoms with Gasteiger partial charge in [0.25, 0.3) is 11.8 Å². The number of aliphatic hydroxyl groups is 1.